The second kappa shape index (κ2) is 7.97. The molecule has 1 aromatic carbocycles. The van der Waals surface area contributed by atoms with Crippen LogP contribution in [0.5, 0.6) is 0 Å². The lowest BCUT2D eigenvalue weighted by atomic mass is 9.95. The highest BCUT2D eigenvalue weighted by Crippen LogP contribution is 2.37. The molecule has 3 rings (SSSR count). The largest absolute Gasteiger partial charge is 0.365 e. The standard InChI is InChI=1S/C19H22FN3O2S/c1-23(10-12-5-4-6-13(20)9-12)11-16(24)22-19-17(18(21)25)14-7-2-3-8-15(14)26-19/h4-6,9H,2-3,7-8,10-11H2,1H3,(H2,21,25)(H,22,24). The molecule has 5 nitrogen and oxygen atoms in total. The van der Waals surface area contributed by atoms with Gasteiger partial charge < -0.3 is 11.1 Å². The van der Waals surface area contributed by atoms with E-state index in [0.717, 1.165) is 41.7 Å². The Balaban J connectivity index is 1.66. The zero-order valence-electron chi connectivity index (χ0n) is 14.7. The number of nitrogens with one attached hydrogen (secondary N) is 1. The number of anilines is 1. The molecule has 1 heterocycles. The maximum Gasteiger partial charge on any atom is 0.251 e. The molecule has 1 aromatic heterocycles. The molecule has 0 radical (unpaired) electrons. The highest BCUT2D eigenvalue weighted by Gasteiger charge is 2.25. The van der Waals surface area contributed by atoms with E-state index in [0.29, 0.717) is 17.1 Å². The van der Waals surface area contributed by atoms with Crippen molar-refractivity contribution < 1.29 is 14.0 Å². The zero-order chi connectivity index (χ0) is 18.7. The molecule has 0 spiro atoms. The predicted octanol–water partition coefficient (Wildman–Crippen LogP) is 2.94. The summed E-state index contributed by atoms with van der Waals surface area (Å²) in [5.74, 6) is -1.01. The van der Waals surface area contributed by atoms with Gasteiger partial charge in [0.25, 0.3) is 5.91 Å². The maximum atomic E-state index is 13.3. The van der Waals surface area contributed by atoms with Crippen molar-refractivity contribution in [3.05, 3.63) is 51.7 Å². The molecule has 3 N–H and O–H groups in total. The van der Waals surface area contributed by atoms with Crippen LogP contribution in [0.3, 0.4) is 0 Å². The van der Waals surface area contributed by atoms with Crippen LogP contribution in [0.15, 0.2) is 24.3 Å². The number of thiophene rings is 1. The highest BCUT2D eigenvalue weighted by molar-refractivity contribution is 7.17. The molecule has 26 heavy (non-hydrogen) atoms. The topological polar surface area (TPSA) is 75.4 Å². The van der Waals surface area contributed by atoms with Crippen molar-refractivity contribution in [2.75, 3.05) is 18.9 Å². The van der Waals surface area contributed by atoms with Crippen LogP contribution in [-0.2, 0) is 24.2 Å². The van der Waals surface area contributed by atoms with E-state index in [9.17, 15) is 14.0 Å². The predicted molar refractivity (Wildman–Crippen MR) is 101 cm³/mol. The smallest absolute Gasteiger partial charge is 0.251 e. The fraction of sp³-hybridized carbons (Fsp3) is 0.368. The summed E-state index contributed by atoms with van der Waals surface area (Å²) in [5.41, 5.74) is 7.80. The van der Waals surface area contributed by atoms with Gasteiger partial charge in [0.15, 0.2) is 0 Å². The van der Waals surface area contributed by atoms with Gasteiger partial charge in [-0.2, -0.15) is 0 Å². The number of halogens is 1. The molecule has 2 aromatic rings. The van der Waals surface area contributed by atoms with Crippen molar-refractivity contribution in [3.8, 4) is 0 Å². The summed E-state index contributed by atoms with van der Waals surface area (Å²) >= 11 is 1.45. The van der Waals surface area contributed by atoms with E-state index in [1.165, 1.54) is 23.5 Å². The minimum absolute atomic E-state index is 0.136. The van der Waals surface area contributed by atoms with Gasteiger partial charge in [-0.3, -0.25) is 14.5 Å². The number of hydrogen-bond acceptors (Lipinski definition) is 4. The van der Waals surface area contributed by atoms with Crippen molar-refractivity contribution in [1.29, 1.82) is 0 Å². The van der Waals surface area contributed by atoms with Gasteiger partial charge in [0.05, 0.1) is 12.1 Å². The van der Waals surface area contributed by atoms with Crippen LogP contribution in [0, 0.1) is 5.82 Å². The zero-order valence-corrected chi connectivity index (χ0v) is 15.5. The van der Waals surface area contributed by atoms with Crippen molar-refractivity contribution in [2.24, 2.45) is 5.73 Å². The Bertz CT molecular complexity index is 834. The lowest BCUT2D eigenvalue weighted by Crippen LogP contribution is -2.30. The Morgan fingerprint density at radius 3 is 2.81 bits per heavy atom. The number of hydrogen-bond donors (Lipinski definition) is 2. The summed E-state index contributed by atoms with van der Waals surface area (Å²) in [7, 11) is 1.79. The first-order chi connectivity index (χ1) is 12.4. The molecule has 0 fully saturated rings. The lowest BCUT2D eigenvalue weighted by Gasteiger charge is -2.16. The fourth-order valence-electron chi connectivity index (χ4n) is 3.33. The van der Waals surface area contributed by atoms with E-state index in [1.54, 1.807) is 18.0 Å². The number of rotatable bonds is 6. The Morgan fingerprint density at radius 2 is 2.08 bits per heavy atom. The van der Waals surface area contributed by atoms with Gasteiger partial charge in [0.1, 0.15) is 10.8 Å². The van der Waals surface area contributed by atoms with Crippen LogP contribution in [-0.4, -0.2) is 30.3 Å². The molecule has 138 valence electrons. The molecular weight excluding hydrogens is 353 g/mol. The van der Waals surface area contributed by atoms with Crippen LogP contribution in [0.4, 0.5) is 9.39 Å². The number of fused-ring (bicyclic) bond motifs is 1. The number of carbonyl (C=O) groups excluding carboxylic acids is 2. The van der Waals surface area contributed by atoms with Crippen LogP contribution in [0.25, 0.3) is 0 Å². The molecule has 0 atom stereocenters. The van der Waals surface area contributed by atoms with Crippen molar-refractivity contribution in [1.82, 2.24) is 4.90 Å². The maximum absolute atomic E-state index is 13.3. The monoisotopic (exact) mass is 375 g/mol. The minimum atomic E-state index is -0.493. The SMILES string of the molecule is CN(CC(=O)Nc1sc2c(c1C(N)=O)CCCC2)Cc1cccc(F)c1. The molecule has 2 amide bonds. The van der Waals surface area contributed by atoms with E-state index in [4.69, 9.17) is 5.73 Å². The van der Waals surface area contributed by atoms with E-state index in [1.807, 2.05) is 6.07 Å². The number of amides is 2. The van der Waals surface area contributed by atoms with Crippen molar-refractivity contribution in [3.63, 3.8) is 0 Å². The molecular formula is C19H22FN3O2S. The molecule has 0 saturated heterocycles. The molecule has 0 bridgehead atoms. The van der Waals surface area contributed by atoms with Gasteiger partial charge in [-0.05, 0) is 56.0 Å². The van der Waals surface area contributed by atoms with E-state index >= 15 is 0 Å². The third-order valence-corrected chi connectivity index (χ3v) is 5.63. The summed E-state index contributed by atoms with van der Waals surface area (Å²) in [6.07, 6.45) is 3.89. The third kappa shape index (κ3) is 4.28. The second-order valence-corrected chi connectivity index (χ2v) is 7.73. The van der Waals surface area contributed by atoms with Crippen molar-refractivity contribution >= 4 is 28.2 Å². The van der Waals surface area contributed by atoms with E-state index in [2.05, 4.69) is 5.32 Å². The van der Waals surface area contributed by atoms with E-state index < -0.39 is 5.91 Å². The first kappa shape index (κ1) is 18.5. The average molecular weight is 375 g/mol. The van der Waals surface area contributed by atoms with Gasteiger partial charge in [0.2, 0.25) is 5.91 Å². The number of primary amides is 1. The molecule has 1 aliphatic rings. The Hall–Kier alpha value is -2.25. The van der Waals surface area contributed by atoms with Crippen LogP contribution < -0.4 is 11.1 Å². The number of carbonyl (C=O) groups is 2. The lowest BCUT2D eigenvalue weighted by molar-refractivity contribution is -0.117. The Labute approximate surface area is 156 Å². The summed E-state index contributed by atoms with van der Waals surface area (Å²) in [5, 5.41) is 3.39. The number of nitrogens with two attached hydrogens (primary N) is 1. The fourth-order valence-corrected chi connectivity index (χ4v) is 4.64. The van der Waals surface area contributed by atoms with Gasteiger partial charge >= 0.3 is 0 Å². The Kier molecular flexibility index (Phi) is 5.68. The number of nitrogens with zero attached hydrogens (tertiary/aromatic N) is 1. The minimum Gasteiger partial charge on any atom is -0.365 e. The summed E-state index contributed by atoms with van der Waals surface area (Å²) < 4.78 is 13.3. The summed E-state index contributed by atoms with van der Waals surface area (Å²) in [6, 6.07) is 6.30. The second-order valence-electron chi connectivity index (χ2n) is 6.63. The first-order valence-electron chi connectivity index (χ1n) is 8.61. The van der Waals surface area contributed by atoms with Gasteiger partial charge in [0, 0.05) is 11.4 Å². The molecule has 7 heteroatoms. The van der Waals surface area contributed by atoms with Gasteiger partial charge in [-0.15, -0.1) is 11.3 Å². The summed E-state index contributed by atoms with van der Waals surface area (Å²) in [6.45, 7) is 0.589. The van der Waals surface area contributed by atoms with Crippen LogP contribution in [0.1, 0.15) is 39.2 Å². The quantitative estimate of drug-likeness (QED) is 0.815. The van der Waals surface area contributed by atoms with Gasteiger partial charge in [-0.1, -0.05) is 12.1 Å². The molecule has 0 aliphatic heterocycles. The average Bonchev–Trinajstić information content (AvgIpc) is 2.92. The Morgan fingerprint density at radius 1 is 1.31 bits per heavy atom. The van der Waals surface area contributed by atoms with Crippen LogP contribution >= 0.6 is 11.3 Å². The molecule has 1 aliphatic carbocycles. The third-order valence-electron chi connectivity index (χ3n) is 4.43. The van der Waals surface area contributed by atoms with E-state index in [-0.39, 0.29) is 18.3 Å². The number of benzene rings is 1. The first-order valence-corrected chi connectivity index (χ1v) is 9.43. The number of aryl methyl sites for hydroxylation is 1. The summed E-state index contributed by atoms with van der Waals surface area (Å²) in [4.78, 5) is 27.2. The van der Waals surface area contributed by atoms with Gasteiger partial charge in [-0.25, -0.2) is 4.39 Å². The number of likely N-dealkylation sites (N-methyl/N-ethyl adjacent to an activating group) is 1. The molecule has 0 unspecified atom stereocenters. The molecule has 0 saturated carbocycles. The highest BCUT2D eigenvalue weighted by atomic mass is 32.1. The van der Waals surface area contributed by atoms with Crippen LogP contribution in [0.2, 0.25) is 0 Å². The normalized spacial score (nSPS) is 13.5. The van der Waals surface area contributed by atoms with Crippen molar-refractivity contribution in [2.45, 2.75) is 32.2 Å².